The number of carbonyl (C=O) groups excluding carboxylic acids is 6. The van der Waals surface area contributed by atoms with Crippen LogP contribution in [0.1, 0.15) is 127 Å². The first-order valence-electron chi connectivity index (χ1n) is 30.3. The molecule has 0 aromatic rings. The number of carboxylic acids is 9. The van der Waals surface area contributed by atoms with E-state index < -0.39 is 187 Å². The SMILES string of the molecule is CC(C)C[C@H](N)C(=O)O.CC(C)[C@H](N)C(=O)O.CC[C@H](C)[C@H](N)C(=O)OC(=O)[C@@H](N)[C@@H](C)OC(=O)[C@@H](N)CC(N)=O.C[C@H](N)C(=O)O.C[C@H](N)C(=O)O.NC(=O)CC[C@H](N)C(=O)OC[C@H](N)C(=O)O.NC(N)=NCCC[C@H](N)C(=O)O.NC(N)=NCCC[C@H](N)C(=O)O.N[C@@H](CC(=O)O)C(=O)O. The Morgan fingerprint density at radius 1 is 0.382 bits per heavy atom. The average Bonchev–Trinajstić information content (AvgIpc) is 0.881. The quantitative estimate of drug-likeness (QED) is 0.00692. The predicted octanol–water partition coefficient (Wildman–Crippen LogP) is -9.46. The molecule has 0 bridgehead atoms. The van der Waals surface area contributed by atoms with Gasteiger partial charge in [0.2, 0.25) is 11.8 Å². The summed E-state index contributed by atoms with van der Waals surface area (Å²) in [5, 5.41) is 73.5. The Morgan fingerprint density at radius 3 is 0.990 bits per heavy atom. The number of primary amides is 2. The molecule has 0 unspecified atom stereocenters. The number of carboxylic acid groups (broad SMARTS) is 9. The van der Waals surface area contributed by atoms with Gasteiger partial charge in [-0.25, -0.2) is 9.59 Å². The first-order chi connectivity index (χ1) is 46.3. The highest BCUT2D eigenvalue weighted by Crippen LogP contribution is 2.09. The lowest BCUT2D eigenvalue weighted by molar-refractivity contribution is -0.166. The van der Waals surface area contributed by atoms with Crippen LogP contribution >= 0.6 is 0 Å². The number of hydrogen-bond acceptors (Lipinski definition) is 32. The number of rotatable bonds is 36. The minimum atomic E-state index is -1.41. The summed E-state index contributed by atoms with van der Waals surface area (Å²) < 4.78 is 14.0. The van der Waals surface area contributed by atoms with Crippen molar-refractivity contribution in [3.8, 4) is 0 Å². The van der Waals surface area contributed by atoms with Crippen LogP contribution in [0.25, 0.3) is 0 Å². The van der Waals surface area contributed by atoms with Crippen molar-refractivity contribution >= 4 is 101 Å². The van der Waals surface area contributed by atoms with Gasteiger partial charge in [-0.2, -0.15) is 0 Å². The van der Waals surface area contributed by atoms with Crippen LogP contribution in [0, 0.1) is 17.8 Å². The average molecular weight is 1490 g/mol. The molecule has 2 amide bonds. The number of nitrogens with zero attached hydrogens (tertiary/aromatic N) is 2. The van der Waals surface area contributed by atoms with Crippen molar-refractivity contribution in [3.63, 3.8) is 0 Å². The molecule has 0 aliphatic carbocycles. The molecule has 102 heavy (non-hydrogen) atoms. The van der Waals surface area contributed by atoms with Crippen LogP contribution < -0.4 is 103 Å². The molecular formula is C55H114N20O27. The number of nitrogens with two attached hydrogens (primary N) is 18. The summed E-state index contributed by atoms with van der Waals surface area (Å²) >= 11 is 0. The second-order valence-corrected chi connectivity index (χ2v) is 22.0. The fourth-order valence-corrected chi connectivity index (χ4v) is 4.78. The van der Waals surface area contributed by atoms with Crippen LogP contribution in [-0.4, -0.2) is 246 Å². The van der Waals surface area contributed by atoms with Crippen molar-refractivity contribution in [1.82, 2.24) is 0 Å². The zero-order chi connectivity index (χ0) is 82.8. The third-order valence-corrected chi connectivity index (χ3v) is 11.4. The molecule has 0 spiro atoms. The minimum Gasteiger partial charge on any atom is -0.481 e. The molecule has 0 aliphatic heterocycles. The maximum Gasteiger partial charge on any atom is 0.334 e. The van der Waals surface area contributed by atoms with E-state index in [0.717, 1.165) is 0 Å². The number of esters is 4. The highest BCUT2D eigenvalue weighted by atomic mass is 16.6. The van der Waals surface area contributed by atoms with Crippen LogP contribution in [0.5, 0.6) is 0 Å². The lowest BCUT2D eigenvalue weighted by Gasteiger charge is -2.21. The van der Waals surface area contributed by atoms with Gasteiger partial charge in [-0.05, 0) is 77.0 Å². The molecule has 0 aromatic heterocycles. The number of aliphatic imine (C=N–C) groups is 2. The first kappa shape index (κ1) is 111. The van der Waals surface area contributed by atoms with Crippen molar-refractivity contribution in [2.45, 2.75) is 205 Å². The van der Waals surface area contributed by atoms with E-state index in [2.05, 4.69) is 19.5 Å². The maximum absolute atomic E-state index is 11.8. The summed E-state index contributed by atoms with van der Waals surface area (Å²) in [5.74, 6) is -14.4. The van der Waals surface area contributed by atoms with Crippen molar-refractivity contribution in [2.75, 3.05) is 19.7 Å². The normalized spacial score (nSPS) is 14.1. The second kappa shape index (κ2) is 64.7. The Balaban J connectivity index is -0.000000141. The van der Waals surface area contributed by atoms with Gasteiger partial charge in [0.05, 0.1) is 12.8 Å². The van der Waals surface area contributed by atoms with Crippen molar-refractivity contribution in [1.29, 1.82) is 0 Å². The molecule has 47 heteroatoms. The number of carbonyl (C=O) groups is 15. The van der Waals surface area contributed by atoms with E-state index in [1.54, 1.807) is 20.8 Å². The van der Waals surface area contributed by atoms with Crippen LogP contribution in [0.3, 0.4) is 0 Å². The summed E-state index contributed by atoms with van der Waals surface area (Å²) in [7, 11) is 0. The van der Waals surface area contributed by atoms with E-state index in [9.17, 15) is 71.9 Å². The smallest absolute Gasteiger partial charge is 0.334 e. The largest absolute Gasteiger partial charge is 0.481 e. The van der Waals surface area contributed by atoms with Crippen molar-refractivity contribution in [2.24, 2.45) is 131 Å². The predicted molar refractivity (Wildman–Crippen MR) is 364 cm³/mol. The highest BCUT2D eigenvalue weighted by Gasteiger charge is 2.32. The zero-order valence-electron chi connectivity index (χ0n) is 58.6. The van der Waals surface area contributed by atoms with Gasteiger partial charge in [-0.1, -0.05) is 48.0 Å². The highest BCUT2D eigenvalue weighted by molar-refractivity contribution is 5.91. The summed E-state index contributed by atoms with van der Waals surface area (Å²) in [6.45, 7) is 15.6. The van der Waals surface area contributed by atoms with Gasteiger partial charge in [0.25, 0.3) is 0 Å². The minimum absolute atomic E-state index is 0.0129. The van der Waals surface area contributed by atoms with Crippen molar-refractivity contribution < 1.29 is 132 Å². The lowest BCUT2D eigenvalue weighted by atomic mass is 10.0. The van der Waals surface area contributed by atoms with Gasteiger partial charge >= 0.3 is 77.6 Å². The monoisotopic (exact) mass is 1490 g/mol. The molecule has 0 radical (unpaired) electrons. The molecular weight excluding hydrogens is 1370 g/mol. The van der Waals surface area contributed by atoms with E-state index in [1.165, 1.54) is 20.8 Å². The Bertz CT molecular complexity index is 2520. The van der Waals surface area contributed by atoms with Gasteiger partial charge in [0.15, 0.2) is 11.9 Å². The summed E-state index contributed by atoms with van der Waals surface area (Å²) in [6.07, 6.45) is 1.03. The van der Waals surface area contributed by atoms with E-state index in [0.29, 0.717) is 57.5 Å². The van der Waals surface area contributed by atoms with Crippen LogP contribution in [0.2, 0.25) is 0 Å². The standard InChI is InChI=1S/C14H26N4O6.C8H15N3O5.2C6H14N4O2.C6H13NO2.C5H11NO2.C4H7NO4.2C3H7NO2/c1-4-6(2)10(17)13(21)24-14(22)11(18)7(3)23-12(20)8(15)5-9(16)19;9-4(1-2-6(11)12)8(15)16-3-5(10)7(13)14;2*7-4(5(11)12)2-1-3-10-6(8)9;1-4(2)3-5(7)6(8)9;1-3(2)4(6)5(7)8;5-2(4(8)9)1-3(6)7;2*1-2(4)3(5)6/h6-8,10-11H,4-5,15,17-18H2,1-3H3,(H2,16,19);4-5H,1-3,9-10H2,(H2,11,12)(H,13,14);2*4H,1-3,7H2,(H,11,12)(H4,8,9,10);4-5H,3,7H2,1-2H3,(H,8,9);3-4H,6H2,1-2H3,(H,7,8);2H,1,5H2,(H,6,7)(H,8,9);2*2H,4H2,1H3,(H,5,6)/t6-,7+,8-,10-,11-;4-,5-;2*4-;5-;4-;3*2-/m000000000/s1. The van der Waals surface area contributed by atoms with E-state index >= 15 is 0 Å². The summed E-state index contributed by atoms with van der Waals surface area (Å²) in [5.41, 5.74) is 92.4. The number of guanidine groups is 2. The summed E-state index contributed by atoms with van der Waals surface area (Å²) in [6, 6.07) is -11.7. The Morgan fingerprint density at radius 2 is 0.745 bits per heavy atom. The second-order valence-electron chi connectivity index (χ2n) is 22.0. The summed E-state index contributed by atoms with van der Waals surface area (Å²) in [4.78, 5) is 164. The fraction of sp³-hybridized carbons (Fsp3) is 0.691. The number of ether oxygens (including phenoxy) is 3. The number of amides is 2. The lowest BCUT2D eigenvalue weighted by Crippen LogP contribution is -2.48. The zero-order valence-corrected chi connectivity index (χ0v) is 58.6. The molecule has 0 rings (SSSR count). The first-order valence-corrected chi connectivity index (χ1v) is 30.3. The Hall–Kier alpha value is -9.69. The van der Waals surface area contributed by atoms with Gasteiger partial charge in [-0.3, -0.25) is 72.3 Å². The fourth-order valence-electron chi connectivity index (χ4n) is 4.78. The third kappa shape index (κ3) is 77.7. The molecule has 0 saturated carbocycles. The maximum atomic E-state index is 11.8. The van der Waals surface area contributed by atoms with Gasteiger partial charge in [0, 0.05) is 19.5 Å². The van der Waals surface area contributed by atoms with Gasteiger partial charge in [0.1, 0.15) is 85.2 Å². The Kier molecular flexibility index (Phi) is 70.3. The molecule has 0 fully saturated rings. The molecule has 47 nitrogen and oxygen atoms in total. The molecule has 45 N–H and O–H groups in total. The van der Waals surface area contributed by atoms with E-state index in [1.807, 2.05) is 20.8 Å². The molecule has 14 atom stereocenters. The number of hydrogen-bond donors (Lipinski definition) is 27. The molecule has 0 heterocycles. The van der Waals surface area contributed by atoms with Gasteiger partial charge in [-0.15, -0.1) is 0 Å². The number of aliphatic carboxylic acids is 9. The van der Waals surface area contributed by atoms with Gasteiger partial charge < -0.3 is 163 Å². The van der Waals surface area contributed by atoms with Crippen molar-refractivity contribution in [3.05, 3.63) is 0 Å². The molecule has 0 aromatic carbocycles. The third-order valence-electron chi connectivity index (χ3n) is 11.4. The van der Waals surface area contributed by atoms with Crippen LogP contribution in [0.4, 0.5) is 0 Å². The van der Waals surface area contributed by atoms with E-state index in [-0.39, 0.29) is 36.6 Å². The van der Waals surface area contributed by atoms with E-state index in [4.69, 9.17) is 154 Å². The van der Waals surface area contributed by atoms with Crippen LogP contribution in [-0.2, 0) is 86.1 Å². The molecule has 596 valence electrons. The molecule has 0 saturated heterocycles. The topological polar surface area (TPSA) is 959 Å². The van der Waals surface area contributed by atoms with Crippen LogP contribution in [0.15, 0.2) is 9.98 Å². The Labute approximate surface area is 587 Å². The molecule has 0 aliphatic rings.